The van der Waals surface area contributed by atoms with E-state index in [1.54, 1.807) is 0 Å². The van der Waals surface area contributed by atoms with Gasteiger partial charge < -0.3 is 16.6 Å². The Morgan fingerprint density at radius 3 is 2.36 bits per heavy atom. The third kappa shape index (κ3) is 8.06. The summed E-state index contributed by atoms with van der Waals surface area (Å²) in [6, 6.07) is -0.716. The van der Waals surface area contributed by atoms with Crippen LogP contribution >= 0.6 is 0 Å². The van der Waals surface area contributed by atoms with Crippen LogP contribution in [0, 0.1) is 0 Å². The van der Waals surface area contributed by atoms with Crippen molar-refractivity contribution in [2.45, 2.75) is 25.3 Å². The van der Waals surface area contributed by atoms with Crippen LogP contribution in [0.15, 0.2) is 0 Å². The summed E-state index contributed by atoms with van der Waals surface area (Å²) < 4.78 is 0. The van der Waals surface area contributed by atoms with Crippen molar-refractivity contribution in [3.8, 4) is 0 Å². The van der Waals surface area contributed by atoms with Crippen LogP contribution in [0.25, 0.3) is 0 Å². The van der Waals surface area contributed by atoms with E-state index in [0.29, 0.717) is 13.0 Å². The molecule has 0 fully saturated rings. The first-order valence-corrected chi connectivity index (χ1v) is 3.37. The zero-order valence-electron chi connectivity index (χ0n) is 6.62. The van der Waals surface area contributed by atoms with Gasteiger partial charge in [0, 0.05) is 0 Å². The molecule has 0 saturated carbocycles. The van der Waals surface area contributed by atoms with E-state index < -0.39 is 12.0 Å². The summed E-state index contributed by atoms with van der Waals surface area (Å²) in [5.74, 6) is -0.933. The Balaban J connectivity index is 0. The number of carboxylic acids is 1. The van der Waals surface area contributed by atoms with Crippen molar-refractivity contribution in [1.29, 1.82) is 0 Å². The Hall–Kier alpha value is 0.156. The molecule has 0 aliphatic rings. The number of carbonyl (C=O) groups is 1. The Morgan fingerprint density at radius 1 is 1.45 bits per heavy atom. The van der Waals surface area contributed by atoms with E-state index in [2.05, 4.69) is 0 Å². The van der Waals surface area contributed by atoms with Gasteiger partial charge in [0.05, 0.1) is 0 Å². The molecule has 0 bridgehead atoms. The first-order chi connectivity index (χ1) is 4.68. The minimum absolute atomic E-state index is 0. The van der Waals surface area contributed by atoms with Crippen LogP contribution < -0.4 is 11.5 Å². The minimum atomic E-state index is -0.933. The van der Waals surface area contributed by atoms with Gasteiger partial charge in [0.2, 0.25) is 0 Å². The summed E-state index contributed by atoms with van der Waals surface area (Å²) in [7, 11) is 0. The molecule has 5 heteroatoms. The van der Waals surface area contributed by atoms with E-state index in [-0.39, 0.29) is 23.1 Å². The van der Waals surface area contributed by atoms with Crippen LogP contribution in [-0.2, 0) is 4.79 Å². The van der Waals surface area contributed by atoms with Gasteiger partial charge in [-0.3, -0.25) is 4.79 Å². The molecule has 0 aromatic rings. The first-order valence-electron chi connectivity index (χ1n) is 3.37. The normalized spacial score (nSPS) is 11.8. The van der Waals surface area contributed by atoms with Gasteiger partial charge in [0.1, 0.15) is 6.04 Å². The number of aliphatic carboxylic acids is 1. The van der Waals surface area contributed by atoms with Gasteiger partial charge in [-0.05, 0) is 19.4 Å². The largest absolute Gasteiger partial charge is 2.00 e. The van der Waals surface area contributed by atoms with Crippen molar-refractivity contribution < 1.29 is 9.90 Å². The monoisotopic (exact) mass is 170 g/mol. The number of unbranched alkanes of at least 4 members (excludes halogenated alkanes) is 1. The van der Waals surface area contributed by atoms with E-state index in [9.17, 15) is 4.79 Å². The Bertz CT molecular complexity index is 111. The molecule has 0 aliphatic heterocycles. The van der Waals surface area contributed by atoms with Gasteiger partial charge in [-0.15, -0.1) is 0 Å². The van der Waals surface area contributed by atoms with Crippen molar-refractivity contribution in [3.05, 3.63) is 0 Å². The quantitative estimate of drug-likeness (QED) is 0.370. The van der Waals surface area contributed by atoms with Crippen LogP contribution in [0.5, 0.6) is 0 Å². The molecule has 0 radical (unpaired) electrons. The molecule has 0 aromatic carbocycles. The number of rotatable bonds is 5. The maximum atomic E-state index is 10.1. The summed E-state index contributed by atoms with van der Waals surface area (Å²) in [5.41, 5.74) is 10.4. The predicted molar refractivity (Wildman–Crippen MR) is 44.3 cm³/mol. The van der Waals surface area contributed by atoms with Crippen LogP contribution in [-0.4, -0.2) is 46.7 Å². The predicted octanol–water partition coefficient (Wildman–Crippen LogP) is -0.853. The Morgan fingerprint density at radius 2 is 2.00 bits per heavy atom. The molecule has 5 N–H and O–H groups in total. The molecule has 0 heterocycles. The van der Waals surface area contributed by atoms with Gasteiger partial charge in [-0.2, -0.15) is 0 Å². The van der Waals surface area contributed by atoms with Crippen molar-refractivity contribution >= 4 is 29.0 Å². The van der Waals surface area contributed by atoms with Crippen molar-refractivity contribution in [2.75, 3.05) is 6.54 Å². The fourth-order valence-corrected chi connectivity index (χ4v) is 0.632. The molecule has 4 nitrogen and oxygen atoms in total. The van der Waals surface area contributed by atoms with E-state index in [0.717, 1.165) is 12.8 Å². The third-order valence-corrected chi connectivity index (χ3v) is 1.29. The molecule has 0 aromatic heterocycles. The van der Waals surface area contributed by atoms with E-state index in [1.807, 2.05) is 0 Å². The van der Waals surface area contributed by atoms with Gasteiger partial charge in [0.25, 0.3) is 0 Å². The molecule has 1 unspecified atom stereocenters. The second-order valence-corrected chi connectivity index (χ2v) is 2.23. The summed E-state index contributed by atoms with van der Waals surface area (Å²) in [6.07, 6.45) is 2.16. The molecule has 0 saturated heterocycles. The summed E-state index contributed by atoms with van der Waals surface area (Å²) in [6.45, 7) is 0.604. The third-order valence-electron chi connectivity index (χ3n) is 1.29. The van der Waals surface area contributed by atoms with Crippen molar-refractivity contribution in [2.24, 2.45) is 11.5 Å². The van der Waals surface area contributed by atoms with Crippen LogP contribution in [0.3, 0.4) is 0 Å². The average Bonchev–Trinajstić information content (AvgIpc) is 1.88. The Labute approximate surface area is 82.5 Å². The molecule has 0 aliphatic carbocycles. The molecular weight excluding hydrogens is 156 g/mol. The van der Waals surface area contributed by atoms with Gasteiger partial charge in [0.15, 0.2) is 0 Å². The maximum absolute atomic E-state index is 10.1. The molecule has 0 rings (SSSR count). The van der Waals surface area contributed by atoms with E-state index >= 15 is 0 Å². The van der Waals surface area contributed by atoms with Gasteiger partial charge in [-0.1, -0.05) is 6.42 Å². The standard InChI is InChI=1S/C6H14N2O2.Mg/c7-4-2-1-3-5(8)6(9)10;/h5H,1-4,7-8H2,(H,9,10);/q;+2. The number of nitrogens with two attached hydrogens (primary N) is 2. The summed E-state index contributed by atoms with van der Waals surface area (Å²) in [4.78, 5) is 10.1. The number of hydrogen-bond acceptors (Lipinski definition) is 3. The topological polar surface area (TPSA) is 89.3 Å². The fourth-order valence-electron chi connectivity index (χ4n) is 0.632. The van der Waals surface area contributed by atoms with E-state index in [4.69, 9.17) is 16.6 Å². The van der Waals surface area contributed by atoms with Crippen LogP contribution in [0.1, 0.15) is 19.3 Å². The van der Waals surface area contributed by atoms with Crippen molar-refractivity contribution in [1.82, 2.24) is 0 Å². The molecule has 0 amide bonds. The van der Waals surface area contributed by atoms with E-state index in [1.165, 1.54) is 0 Å². The van der Waals surface area contributed by atoms with Gasteiger partial charge in [-0.25, -0.2) is 0 Å². The fraction of sp³-hybridized carbons (Fsp3) is 0.833. The van der Waals surface area contributed by atoms with Gasteiger partial charge >= 0.3 is 29.0 Å². The van der Waals surface area contributed by atoms with Crippen LogP contribution in [0.4, 0.5) is 0 Å². The SMILES string of the molecule is NCCCCC(N)C(=O)O.[Mg+2]. The molecule has 11 heavy (non-hydrogen) atoms. The van der Waals surface area contributed by atoms with Crippen molar-refractivity contribution in [3.63, 3.8) is 0 Å². The second-order valence-electron chi connectivity index (χ2n) is 2.23. The molecule has 0 spiro atoms. The summed E-state index contributed by atoms with van der Waals surface area (Å²) >= 11 is 0. The Kier molecular flexibility index (Phi) is 10.3. The maximum Gasteiger partial charge on any atom is 2.00 e. The smallest absolute Gasteiger partial charge is 0.480 e. The molecule has 60 valence electrons. The zero-order valence-corrected chi connectivity index (χ0v) is 8.04. The minimum Gasteiger partial charge on any atom is -0.480 e. The molecular formula is C6H14MgN2O2+2. The summed E-state index contributed by atoms with van der Waals surface area (Å²) in [5, 5.41) is 8.33. The zero-order chi connectivity index (χ0) is 7.98. The second kappa shape index (κ2) is 8.25. The molecule has 1 atom stereocenters. The average molecular weight is 170 g/mol. The number of hydrogen-bond donors (Lipinski definition) is 3. The van der Waals surface area contributed by atoms with Crippen LogP contribution in [0.2, 0.25) is 0 Å². The number of carboxylic acid groups (broad SMARTS) is 1. The first kappa shape index (κ1) is 13.7.